The van der Waals surface area contributed by atoms with Crippen LogP contribution < -0.4 is 5.32 Å². The van der Waals surface area contributed by atoms with Gasteiger partial charge in [-0.3, -0.25) is 0 Å². The van der Waals surface area contributed by atoms with Crippen LogP contribution in [0.1, 0.15) is 54.2 Å². The van der Waals surface area contributed by atoms with Crippen LogP contribution in [0, 0.1) is 0 Å². The molecule has 1 spiro atoms. The van der Waals surface area contributed by atoms with Crippen molar-refractivity contribution in [1.29, 1.82) is 0 Å². The first kappa shape index (κ1) is 24.9. The molecule has 0 fully saturated rings. The number of anilines is 1. The quantitative estimate of drug-likeness (QED) is 0.219. The van der Waals surface area contributed by atoms with Crippen LogP contribution in [0.15, 0.2) is 145 Å². The lowest BCUT2D eigenvalue weighted by molar-refractivity contribution is 0.654. The summed E-state index contributed by atoms with van der Waals surface area (Å²) < 4.78 is 0. The molecule has 0 aromatic heterocycles. The molecule has 3 aliphatic rings. The van der Waals surface area contributed by atoms with E-state index >= 15 is 0 Å². The highest BCUT2D eigenvalue weighted by atomic mass is 14.9. The summed E-state index contributed by atoms with van der Waals surface area (Å²) in [5, 5.41) is 3.82. The maximum Gasteiger partial charge on any atom is 0.0726 e. The van der Waals surface area contributed by atoms with Crippen molar-refractivity contribution in [1.82, 2.24) is 0 Å². The van der Waals surface area contributed by atoms with Gasteiger partial charge >= 0.3 is 0 Å². The molecule has 0 aliphatic heterocycles. The monoisotopic (exact) mass is 539 g/mol. The topological polar surface area (TPSA) is 12.0 Å². The third-order valence-electron chi connectivity index (χ3n) is 9.61. The number of hydrogen-bond donors (Lipinski definition) is 1. The van der Waals surface area contributed by atoms with Gasteiger partial charge in [0, 0.05) is 16.8 Å². The molecule has 0 bridgehead atoms. The largest absolute Gasteiger partial charge is 0.356 e. The molecule has 0 saturated carbocycles. The zero-order valence-electron chi connectivity index (χ0n) is 24.3. The smallest absolute Gasteiger partial charge is 0.0726 e. The SMILES string of the molecule is C/C=C\C(=C/C1=Cc2ccccc2C1(C)C)Nc1ccc2c(c1)C1(c3ccccc3-c3ccccc31)c1ccccc1-2. The molecule has 202 valence electrons. The molecule has 8 rings (SSSR count). The van der Waals surface area contributed by atoms with Gasteiger partial charge in [0.05, 0.1) is 5.41 Å². The van der Waals surface area contributed by atoms with Gasteiger partial charge in [0.25, 0.3) is 0 Å². The maximum absolute atomic E-state index is 3.82. The molecule has 5 aromatic rings. The first-order chi connectivity index (χ1) is 20.5. The second kappa shape index (κ2) is 9.06. The van der Waals surface area contributed by atoms with E-state index in [0.717, 1.165) is 11.4 Å². The molecule has 0 amide bonds. The zero-order valence-corrected chi connectivity index (χ0v) is 24.3. The van der Waals surface area contributed by atoms with E-state index in [0.29, 0.717) is 0 Å². The number of rotatable bonds is 4. The lowest BCUT2D eigenvalue weighted by atomic mass is 9.70. The Morgan fingerprint density at radius 1 is 0.595 bits per heavy atom. The highest BCUT2D eigenvalue weighted by Gasteiger charge is 2.51. The van der Waals surface area contributed by atoms with Gasteiger partial charge in [-0.1, -0.05) is 129 Å². The van der Waals surface area contributed by atoms with Crippen LogP contribution in [-0.2, 0) is 10.8 Å². The van der Waals surface area contributed by atoms with Gasteiger partial charge in [-0.05, 0) is 92.4 Å². The number of fused-ring (bicyclic) bond motifs is 11. The normalized spacial score (nSPS) is 16.5. The average molecular weight is 540 g/mol. The lowest BCUT2D eigenvalue weighted by Gasteiger charge is -2.30. The Morgan fingerprint density at radius 3 is 1.69 bits per heavy atom. The minimum Gasteiger partial charge on any atom is -0.356 e. The van der Waals surface area contributed by atoms with Gasteiger partial charge < -0.3 is 5.32 Å². The van der Waals surface area contributed by atoms with E-state index in [2.05, 4.69) is 166 Å². The van der Waals surface area contributed by atoms with Crippen LogP contribution in [0.4, 0.5) is 5.69 Å². The van der Waals surface area contributed by atoms with E-state index in [9.17, 15) is 0 Å². The summed E-state index contributed by atoms with van der Waals surface area (Å²) in [5.41, 5.74) is 16.6. The number of hydrogen-bond acceptors (Lipinski definition) is 1. The molecule has 1 N–H and O–H groups in total. The van der Waals surface area contributed by atoms with Crippen molar-refractivity contribution in [2.75, 3.05) is 5.32 Å². The molecule has 0 saturated heterocycles. The molecule has 42 heavy (non-hydrogen) atoms. The summed E-state index contributed by atoms with van der Waals surface area (Å²) in [5.74, 6) is 0. The zero-order chi connectivity index (χ0) is 28.5. The minimum absolute atomic E-state index is 0.0496. The van der Waals surface area contributed by atoms with Crippen LogP contribution in [0.3, 0.4) is 0 Å². The average Bonchev–Trinajstić information content (AvgIpc) is 3.58. The van der Waals surface area contributed by atoms with E-state index in [1.54, 1.807) is 0 Å². The molecule has 1 nitrogen and oxygen atoms in total. The van der Waals surface area contributed by atoms with E-state index in [4.69, 9.17) is 0 Å². The highest BCUT2D eigenvalue weighted by Crippen LogP contribution is 2.62. The molecule has 1 heteroatoms. The predicted octanol–water partition coefficient (Wildman–Crippen LogP) is 10.3. The van der Waals surface area contributed by atoms with Crippen LogP contribution in [0.25, 0.3) is 28.3 Å². The Balaban J connectivity index is 1.29. The Kier molecular flexibility index (Phi) is 5.37. The van der Waals surface area contributed by atoms with E-state index in [-0.39, 0.29) is 10.8 Å². The Hall–Kier alpha value is -4.88. The summed E-state index contributed by atoms with van der Waals surface area (Å²) >= 11 is 0. The second-order valence-corrected chi connectivity index (χ2v) is 12.2. The predicted molar refractivity (Wildman–Crippen MR) is 177 cm³/mol. The van der Waals surface area contributed by atoms with Crippen molar-refractivity contribution in [2.24, 2.45) is 0 Å². The van der Waals surface area contributed by atoms with Crippen LogP contribution >= 0.6 is 0 Å². The summed E-state index contributed by atoms with van der Waals surface area (Å²) in [6.07, 6.45) is 8.94. The second-order valence-electron chi connectivity index (χ2n) is 12.2. The van der Waals surface area contributed by atoms with E-state index in [1.165, 1.54) is 61.2 Å². The third-order valence-corrected chi connectivity index (χ3v) is 9.61. The summed E-state index contributed by atoms with van der Waals surface area (Å²) in [4.78, 5) is 0. The molecule has 0 radical (unpaired) electrons. The van der Waals surface area contributed by atoms with Crippen molar-refractivity contribution >= 4 is 11.8 Å². The third kappa shape index (κ3) is 3.31. The maximum atomic E-state index is 3.82. The van der Waals surface area contributed by atoms with Gasteiger partial charge in [0.2, 0.25) is 0 Å². The standard InChI is InChI=1S/C41H33N/c1-4-13-29(25-28-24-27-14-5-9-18-35(27)40(28,2)3)42-30-22-23-34-33-17-8-12-21-38(33)41(39(34)26-30)36-19-10-6-15-31(36)32-16-7-11-20-37(32)41/h4-26,42H,1-3H3/b13-4-,29-25+. The first-order valence-electron chi connectivity index (χ1n) is 14.9. The molecule has 0 heterocycles. The molecule has 0 unspecified atom stereocenters. The van der Waals surface area contributed by atoms with Gasteiger partial charge in [-0.2, -0.15) is 0 Å². The minimum atomic E-state index is -0.334. The Bertz CT molecular complexity index is 1930. The van der Waals surface area contributed by atoms with Crippen molar-refractivity contribution in [3.05, 3.63) is 178 Å². The van der Waals surface area contributed by atoms with Crippen molar-refractivity contribution in [3.63, 3.8) is 0 Å². The van der Waals surface area contributed by atoms with Crippen molar-refractivity contribution in [3.8, 4) is 22.3 Å². The summed E-state index contributed by atoms with van der Waals surface area (Å²) in [6, 6.07) is 42.6. The van der Waals surface area contributed by atoms with Gasteiger partial charge in [0.1, 0.15) is 0 Å². The van der Waals surface area contributed by atoms with Crippen LogP contribution in [0.2, 0.25) is 0 Å². The molecule has 0 atom stereocenters. The van der Waals surface area contributed by atoms with E-state index in [1.807, 2.05) is 0 Å². The summed E-state index contributed by atoms with van der Waals surface area (Å²) in [6.45, 7) is 6.72. The fourth-order valence-corrected chi connectivity index (χ4v) is 7.73. The highest BCUT2D eigenvalue weighted by molar-refractivity contribution is 5.95. The molecule has 5 aromatic carbocycles. The Morgan fingerprint density at radius 2 is 1.12 bits per heavy atom. The molecular weight excluding hydrogens is 506 g/mol. The lowest BCUT2D eigenvalue weighted by Crippen LogP contribution is -2.25. The van der Waals surface area contributed by atoms with Crippen molar-refractivity contribution in [2.45, 2.75) is 31.6 Å². The molecule has 3 aliphatic carbocycles. The fraction of sp³-hybridized carbons (Fsp3) is 0.122. The van der Waals surface area contributed by atoms with Crippen LogP contribution in [0.5, 0.6) is 0 Å². The Labute approximate surface area is 248 Å². The van der Waals surface area contributed by atoms with Crippen molar-refractivity contribution < 1.29 is 0 Å². The van der Waals surface area contributed by atoms with Crippen LogP contribution in [-0.4, -0.2) is 0 Å². The van der Waals surface area contributed by atoms with E-state index < -0.39 is 0 Å². The number of nitrogens with one attached hydrogen (secondary N) is 1. The van der Waals surface area contributed by atoms with Gasteiger partial charge in [-0.15, -0.1) is 0 Å². The number of benzene rings is 5. The molecular formula is C41H33N. The fourth-order valence-electron chi connectivity index (χ4n) is 7.73. The van der Waals surface area contributed by atoms with Gasteiger partial charge in [-0.25, -0.2) is 0 Å². The first-order valence-corrected chi connectivity index (χ1v) is 14.9. The number of allylic oxidation sites excluding steroid dienone is 4. The summed E-state index contributed by atoms with van der Waals surface area (Å²) in [7, 11) is 0. The van der Waals surface area contributed by atoms with Gasteiger partial charge in [0.15, 0.2) is 0 Å².